The summed E-state index contributed by atoms with van der Waals surface area (Å²) < 4.78 is 1.93. The molecule has 1 saturated heterocycles. The van der Waals surface area contributed by atoms with Gasteiger partial charge < -0.3 is 32.1 Å². The Morgan fingerprint density at radius 3 is 2.57 bits per heavy atom. The van der Waals surface area contributed by atoms with E-state index in [2.05, 4.69) is 21.3 Å². The number of benzene rings is 2. The third kappa shape index (κ3) is 8.51. The van der Waals surface area contributed by atoms with E-state index in [0.717, 1.165) is 11.3 Å². The number of carboxylic acid groups (broad SMARTS) is 1. The van der Waals surface area contributed by atoms with E-state index < -0.39 is 42.3 Å². The van der Waals surface area contributed by atoms with Crippen molar-refractivity contribution in [2.24, 2.45) is 5.73 Å². The maximum absolute atomic E-state index is 12.8. The fraction of sp³-hybridized carbons (Fsp3) is 0.292. The van der Waals surface area contributed by atoms with Gasteiger partial charge in [0.1, 0.15) is 6.04 Å². The highest BCUT2D eigenvalue weighted by atomic mass is 32.2. The summed E-state index contributed by atoms with van der Waals surface area (Å²) in [5.41, 5.74) is 5.96. The quantitative estimate of drug-likeness (QED) is 0.124. The first-order valence-electron chi connectivity index (χ1n) is 11.5. The molecular weight excluding hydrogens is 498 g/mol. The van der Waals surface area contributed by atoms with Crippen molar-refractivity contribution in [1.29, 1.82) is 5.41 Å². The third-order valence-electron chi connectivity index (χ3n) is 5.40. The number of hydrogen-bond donors (Lipinski definition) is 7. The predicted molar refractivity (Wildman–Crippen MR) is 139 cm³/mol. The van der Waals surface area contributed by atoms with Gasteiger partial charge in [-0.2, -0.15) is 0 Å². The Morgan fingerprint density at radius 1 is 1.11 bits per heavy atom. The van der Waals surface area contributed by atoms with Gasteiger partial charge in [0, 0.05) is 29.2 Å². The second-order valence-corrected chi connectivity index (χ2v) is 9.33. The summed E-state index contributed by atoms with van der Waals surface area (Å²) in [4.78, 5) is 50.1. The van der Waals surface area contributed by atoms with Gasteiger partial charge in [0.25, 0.3) is 5.91 Å². The number of nitrogens with zero attached hydrogens (tertiary/aromatic N) is 1. The summed E-state index contributed by atoms with van der Waals surface area (Å²) in [5.74, 6) is -3.15. The van der Waals surface area contributed by atoms with Crippen molar-refractivity contribution >= 4 is 47.3 Å². The second kappa shape index (κ2) is 13.3. The number of nitrogens with one attached hydrogen (secondary N) is 5. The molecule has 8 N–H and O–H groups in total. The first kappa shape index (κ1) is 27.5. The van der Waals surface area contributed by atoms with Gasteiger partial charge in [-0.3, -0.25) is 19.8 Å². The van der Waals surface area contributed by atoms with Crippen molar-refractivity contribution in [2.45, 2.75) is 29.8 Å². The number of aliphatic carboxylic acids is 1. The van der Waals surface area contributed by atoms with Crippen LogP contribution >= 0.6 is 11.9 Å². The summed E-state index contributed by atoms with van der Waals surface area (Å²) >= 11 is 1.45. The van der Waals surface area contributed by atoms with Crippen molar-refractivity contribution in [3.05, 3.63) is 60.2 Å². The Balaban J connectivity index is 1.47. The average molecular weight is 528 g/mol. The van der Waals surface area contributed by atoms with Gasteiger partial charge in [0.15, 0.2) is 5.96 Å². The molecule has 2 aromatic rings. The van der Waals surface area contributed by atoms with Crippen LogP contribution in [0.3, 0.4) is 0 Å². The molecule has 2 aromatic carbocycles. The molecule has 1 aliphatic rings. The highest BCUT2D eigenvalue weighted by Crippen LogP contribution is 2.31. The van der Waals surface area contributed by atoms with Crippen molar-refractivity contribution in [3.63, 3.8) is 0 Å². The number of rotatable bonds is 11. The smallest absolute Gasteiger partial charge is 0.328 e. The number of amides is 3. The molecule has 0 saturated carbocycles. The molecule has 37 heavy (non-hydrogen) atoms. The molecule has 196 valence electrons. The molecule has 3 amide bonds. The van der Waals surface area contributed by atoms with Gasteiger partial charge in [-0.15, -0.1) is 0 Å². The van der Waals surface area contributed by atoms with E-state index in [4.69, 9.17) is 11.1 Å². The van der Waals surface area contributed by atoms with Crippen molar-refractivity contribution in [1.82, 2.24) is 20.3 Å². The minimum Gasteiger partial charge on any atom is -0.480 e. The second-order valence-electron chi connectivity index (χ2n) is 8.21. The Bertz CT molecular complexity index is 1150. The van der Waals surface area contributed by atoms with Gasteiger partial charge >= 0.3 is 5.97 Å². The number of nitrogens with two attached hydrogens (primary N) is 1. The van der Waals surface area contributed by atoms with Gasteiger partial charge in [-0.25, -0.2) is 9.10 Å². The normalized spacial score (nSPS) is 15.8. The van der Waals surface area contributed by atoms with E-state index in [1.807, 2.05) is 34.6 Å². The summed E-state index contributed by atoms with van der Waals surface area (Å²) in [6.07, 6.45) is 1.40. The number of carboxylic acids is 1. The summed E-state index contributed by atoms with van der Waals surface area (Å²) in [6.45, 7) is -0.0422. The van der Waals surface area contributed by atoms with Crippen LogP contribution in [0, 0.1) is 5.41 Å². The number of hydrogen-bond acceptors (Lipinski definition) is 7. The van der Waals surface area contributed by atoms with Crippen LogP contribution < -0.4 is 27.0 Å². The van der Waals surface area contributed by atoms with E-state index in [1.165, 1.54) is 24.1 Å². The van der Waals surface area contributed by atoms with Crippen molar-refractivity contribution in [2.75, 3.05) is 25.0 Å². The number of guanidine groups is 1. The molecular formula is C24H29N7O5S. The SMILES string of the molecule is N=C(N)Nc1cccc(C(=O)NCC(=O)NC[C@H](NC(=O)[C@@H]2CCCN2Sc2ccccc2)C(=O)O)c1. The van der Waals surface area contributed by atoms with Crippen LogP contribution in [0.25, 0.3) is 0 Å². The number of anilines is 1. The molecule has 0 unspecified atom stereocenters. The lowest BCUT2D eigenvalue weighted by Gasteiger charge is -2.24. The maximum Gasteiger partial charge on any atom is 0.328 e. The molecule has 0 radical (unpaired) electrons. The standard InChI is InChI=1S/C24H29N7O5S/c25-24(26)29-16-7-4-6-15(12-16)21(33)28-14-20(32)27-13-18(23(35)36)30-22(34)19-10-5-11-31(19)37-17-8-2-1-3-9-17/h1-4,6-9,12,18-19H,5,10-11,13-14H2,(H,27,32)(H,28,33)(H,30,34)(H,35,36)(H4,25,26,29)/t18-,19-/m0/s1. The lowest BCUT2D eigenvalue weighted by atomic mass is 10.2. The Labute approximate surface area is 218 Å². The van der Waals surface area contributed by atoms with Crippen LogP contribution in [0.15, 0.2) is 59.5 Å². The molecule has 0 aromatic heterocycles. The summed E-state index contributed by atoms with van der Waals surface area (Å²) in [5, 5.41) is 26.7. The van der Waals surface area contributed by atoms with Crippen LogP contribution in [-0.4, -0.2) is 70.8 Å². The minimum absolute atomic E-state index is 0.240. The van der Waals surface area contributed by atoms with Gasteiger partial charge in [-0.1, -0.05) is 24.3 Å². The third-order valence-corrected chi connectivity index (χ3v) is 6.56. The molecule has 2 atom stereocenters. The molecule has 13 heteroatoms. The Hall–Kier alpha value is -4.10. The van der Waals surface area contributed by atoms with E-state index in [0.29, 0.717) is 18.7 Å². The molecule has 3 rings (SSSR count). The Kier molecular flexibility index (Phi) is 9.86. The Morgan fingerprint density at radius 2 is 1.86 bits per heavy atom. The molecule has 0 bridgehead atoms. The zero-order valence-electron chi connectivity index (χ0n) is 19.9. The van der Waals surface area contributed by atoms with Gasteiger partial charge in [0.05, 0.1) is 12.6 Å². The topological polar surface area (TPSA) is 190 Å². The van der Waals surface area contributed by atoms with Crippen LogP contribution in [0.5, 0.6) is 0 Å². The lowest BCUT2D eigenvalue weighted by Crippen LogP contribution is -2.53. The monoisotopic (exact) mass is 527 g/mol. The van der Waals surface area contributed by atoms with E-state index in [-0.39, 0.29) is 18.1 Å². The lowest BCUT2D eigenvalue weighted by molar-refractivity contribution is -0.142. The summed E-state index contributed by atoms with van der Waals surface area (Å²) in [7, 11) is 0. The van der Waals surface area contributed by atoms with E-state index in [1.54, 1.807) is 12.1 Å². The number of carbonyl (C=O) groups is 4. The highest BCUT2D eigenvalue weighted by Gasteiger charge is 2.34. The van der Waals surface area contributed by atoms with Crippen molar-refractivity contribution in [3.8, 4) is 0 Å². The van der Waals surface area contributed by atoms with Crippen LogP contribution in [0.4, 0.5) is 5.69 Å². The molecule has 1 heterocycles. The zero-order valence-corrected chi connectivity index (χ0v) is 20.7. The van der Waals surface area contributed by atoms with Crippen LogP contribution in [-0.2, 0) is 14.4 Å². The average Bonchev–Trinajstić information content (AvgIpc) is 3.33. The van der Waals surface area contributed by atoms with Crippen LogP contribution in [0.1, 0.15) is 23.2 Å². The first-order valence-corrected chi connectivity index (χ1v) is 12.3. The summed E-state index contributed by atoms with van der Waals surface area (Å²) in [6, 6.07) is 14.0. The van der Waals surface area contributed by atoms with Crippen LogP contribution in [0.2, 0.25) is 0 Å². The largest absolute Gasteiger partial charge is 0.480 e. The molecule has 1 fully saturated rings. The fourth-order valence-corrected chi connectivity index (χ4v) is 4.73. The van der Waals surface area contributed by atoms with Gasteiger partial charge in [0.2, 0.25) is 11.8 Å². The first-order chi connectivity index (χ1) is 17.7. The van der Waals surface area contributed by atoms with E-state index >= 15 is 0 Å². The van der Waals surface area contributed by atoms with Crippen molar-refractivity contribution < 1.29 is 24.3 Å². The molecule has 0 spiro atoms. The van der Waals surface area contributed by atoms with Gasteiger partial charge in [-0.05, 0) is 55.1 Å². The fourth-order valence-electron chi connectivity index (χ4n) is 3.63. The minimum atomic E-state index is -1.33. The van der Waals surface area contributed by atoms with E-state index in [9.17, 15) is 24.3 Å². The molecule has 12 nitrogen and oxygen atoms in total. The maximum atomic E-state index is 12.8. The highest BCUT2D eigenvalue weighted by molar-refractivity contribution is 7.97. The molecule has 0 aliphatic carbocycles. The molecule has 1 aliphatic heterocycles. The number of carbonyl (C=O) groups excluding carboxylic acids is 3. The predicted octanol–water partition coefficient (Wildman–Crippen LogP) is 0.579. The zero-order chi connectivity index (χ0) is 26.8.